The van der Waals surface area contributed by atoms with Crippen molar-refractivity contribution in [1.29, 1.82) is 0 Å². The van der Waals surface area contributed by atoms with E-state index in [0.29, 0.717) is 18.6 Å². The van der Waals surface area contributed by atoms with Crippen LogP contribution in [0.2, 0.25) is 0 Å². The largest absolute Gasteiger partial charge is 0.416 e. The Morgan fingerprint density at radius 3 is 2.50 bits per heavy atom. The van der Waals surface area contributed by atoms with Gasteiger partial charge in [-0.05, 0) is 24.1 Å². The van der Waals surface area contributed by atoms with Crippen LogP contribution in [0.5, 0.6) is 0 Å². The Morgan fingerprint density at radius 2 is 1.95 bits per heavy atom. The van der Waals surface area contributed by atoms with Crippen LogP contribution in [-0.4, -0.2) is 19.6 Å². The Balaban J connectivity index is 2.82. The second kappa shape index (κ2) is 7.12. The molecule has 0 aromatic heterocycles. The molecule has 0 saturated heterocycles. The van der Waals surface area contributed by atoms with Crippen LogP contribution in [0.3, 0.4) is 0 Å². The van der Waals surface area contributed by atoms with Crippen LogP contribution in [0.25, 0.3) is 0 Å². The minimum Gasteiger partial charge on any atom is -0.356 e. The average molecular weight is 291 g/mol. The first kappa shape index (κ1) is 16.3. The molecule has 0 bridgehead atoms. The molecule has 1 rings (SSSR count). The molecular formula is C13H17F4N3. The van der Waals surface area contributed by atoms with Crippen molar-refractivity contribution in [3.05, 3.63) is 35.1 Å². The molecule has 7 heteroatoms. The first-order valence-electron chi connectivity index (χ1n) is 6.18. The van der Waals surface area contributed by atoms with Crippen LogP contribution in [0, 0.1) is 5.82 Å². The lowest BCUT2D eigenvalue weighted by molar-refractivity contribution is -0.138. The highest BCUT2D eigenvalue weighted by molar-refractivity contribution is 5.79. The van der Waals surface area contributed by atoms with Gasteiger partial charge >= 0.3 is 6.18 Å². The van der Waals surface area contributed by atoms with E-state index in [9.17, 15) is 17.6 Å². The Kier molecular flexibility index (Phi) is 5.79. The molecule has 0 fully saturated rings. The number of nitrogens with one attached hydrogen (secondary N) is 2. The zero-order valence-electron chi connectivity index (χ0n) is 11.3. The number of alkyl halides is 3. The highest BCUT2D eigenvalue weighted by Crippen LogP contribution is 2.32. The van der Waals surface area contributed by atoms with E-state index in [4.69, 9.17) is 0 Å². The Morgan fingerprint density at radius 1 is 1.25 bits per heavy atom. The predicted molar refractivity (Wildman–Crippen MR) is 69.9 cm³/mol. The number of benzene rings is 1. The number of halogens is 4. The third kappa shape index (κ3) is 4.71. The monoisotopic (exact) mass is 291 g/mol. The Labute approximate surface area is 115 Å². The van der Waals surface area contributed by atoms with Gasteiger partial charge in [0.1, 0.15) is 5.82 Å². The summed E-state index contributed by atoms with van der Waals surface area (Å²) in [6, 6.07) is 2.63. The fourth-order valence-electron chi connectivity index (χ4n) is 1.61. The molecule has 0 unspecified atom stereocenters. The second-order valence-corrected chi connectivity index (χ2v) is 4.15. The van der Waals surface area contributed by atoms with Crippen molar-refractivity contribution in [3.63, 3.8) is 0 Å². The van der Waals surface area contributed by atoms with Gasteiger partial charge in [0, 0.05) is 20.1 Å². The number of guanidine groups is 1. The SMILES string of the molecule is CCCNC(=NC)NCc1ccc(F)cc1C(F)(F)F. The molecular weight excluding hydrogens is 274 g/mol. The predicted octanol–water partition coefficient (Wildman–Crippen LogP) is 2.92. The fourth-order valence-corrected chi connectivity index (χ4v) is 1.61. The molecule has 0 atom stereocenters. The normalized spacial score (nSPS) is 12.4. The van der Waals surface area contributed by atoms with E-state index < -0.39 is 17.6 Å². The highest BCUT2D eigenvalue weighted by atomic mass is 19.4. The fraction of sp³-hybridized carbons (Fsp3) is 0.462. The molecule has 1 aromatic carbocycles. The summed E-state index contributed by atoms with van der Waals surface area (Å²) in [5.74, 6) is -0.501. The molecule has 0 saturated carbocycles. The summed E-state index contributed by atoms with van der Waals surface area (Å²) in [7, 11) is 1.53. The van der Waals surface area contributed by atoms with Crippen molar-refractivity contribution < 1.29 is 17.6 Å². The van der Waals surface area contributed by atoms with Gasteiger partial charge < -0.3 is 10.6 Å². The van der Waals surface area contributed by atoms with Crippen LogP contribution in [0.15, 0.2) is 23.2 Å². The van der Waals surface area contributed by atoms with Crippen LogP contribution in [0.4, 0.5) is 17.6 Å². The molecule has 0 aliphatic rings. The molecule has 3 nitrogen and oxygen atoms in total. The first-order chi connectivity index (χ1) is 9.38. The number of nitrogens with zero attached hydrogens (tertiary/aromatic N) is 1. The van der Waals surface area contributed by atoms with Gasteiger partial charge in [-0.1, -0.05) is 13.0 Å². The van der Waals surface area contributed by atoms with Crippen LogP contribution < -0.4 is 10.6 Å². The van der Waals surface area contributed by atoms with Crippen LogP contribution >= 0.6 is 0 Å². The van der Waals surface area contributed by atoms with E-state index in [2.05, 4.69) is 15.6 Å². The van der Waals surface area contributed by atoms with Crippen molar-refractivity contribution in [3.8, 4) is 0 Å². The molecule has 1 aromatic rings. The second-order valence-electron chi connectivity index (χ2n) is 4.15. The third-order valence-electron chi connectivity index (χ3n) is 2.59. The van der Waals surface area contributed by atoms with Gasteiger partial charge in [-0.15, -0.1) is 0 Å². The number of hydrogen-bond donors (Lipinski definition) is 2. The topological polar surface area (TPSA) is 36.4 Å². The summed E-state index contributed by atoms with van der Waals surface area (Å²) in [4.78, 5) is 3.89. The smallest absolute Gasteiger partial charge is 0.356 e. The summed E-state index contributed by atoms with van der Waals surface area (Å²) >= 11 is 0. The molecule has 2 N–H and O–H groups in total. The minimum absolute atomic E-state index is 0.0293. The van der Waals surface area contributed by atoms with Gasteiger partial charge in [-0.2, -0.15) is 13.2 Å². The first-order valence-corrected chi connectivity index (χ1v) is 6.18. The van der Waals surface area contributed by atoms with Gasteiger partial charge in [0.05, 0.1) is 5.56 Å². The summed E-state index contributed by atoms with van der Waals surface area (Å²) in [6.07, 6.45) is -3.72. The summed E-state index contributed by atoms with van der Waals surface area (Å²) in [5, 5.41) is 5.71. The van der Waals surface area contributed by atoms with E-state index in [0.717, 1.165) is 18.6 Å². The molecule has 0 aliphatic carbocycles. The molecule has 0 amide bonds. The van der Waals surface area contributed by atoms with Crippen LogP contribution in [0.1, 0.15) is 24.5 Å². The van der Waals surface area contributed by atoms with Crippen molar-refractivity contribution in [2.24, 2.45) is 4.99 Å². The van der Waals surface area contributed by atoms with Crippen LogP contribution in [-0.2, 0) is 12.7 Å². The number of hydrogen-bond acceptors (Lipinski definition) is 1. The van der Waals surface area contributed by atoms with Crippen molar-refractivity contribution in [1.82, 2.24) is 10.6 Å². The maximum Gasteiger partial charge on any atom is 0.416 e. The summed E-state index contributed by atoms with van der Waals surface area (Å²) in [6.45, 7) is 2.54. The van der Waals surface area contributed by atoms with Gasteiger partial charge in [-0.3, -0.25) is 4.99 Å². The quantitative estimate of drug-likeness (QED) is 0.508. The molecule has 20 heavy (non-hydrogen) atoms. The number of rotatable bonds is 4. The standard InChI is InChI=1S/C13H17F4N3/c1-3-6-19-12(18-2)20-8-9-4-5-10(14)7-11(9)13(15,16)17/h4-5,7H,3,6,8H2,1-2H3,(H2,18,19,20). The zero-order valence-corrected chi connectivity index (χ0v) is 11.3. The molecule has 0 radical (unpaired) electrons. The highest BCUT2D eigenvalue weighted by Gasteiger charge is 2.33. The summed E-state index contributed by atoms with van der Waals surface area (Å²) in [5.41, 5.74) is -1.01. The number of aliphatic imine (C=N–C) groups is 1. The maximum absolute atomic E-state index is 13.0. The molecule has 112 valence electrons. The Bertz CT molecular complexity index is 469. The summed E-state index contributed by atoms with van der Waals surface area (Å²) < 4.78 is 51.3. The van der Waals surface area contributed by atoms with Gasteiger partial charge in [0.25, 0.3) is 0 Å². The zero-order chi connectivity index (χ0) is 15.2. The minimum atomic E-state index is -4.58. The average Bonchev–Trinajstić information content (AvgIpc) is 2.39. The Hall–Kier alpha value is -1.79. The van der Waals surface area contributed by atoms with E-state index >= 15 is 0 Å². The van der Waals surface area contributed by atoms with Gasteiger partial charge in [0.2, 0.25) is 0 Å². The third-order valence-corrected chi connectivity index (χ3v) is 2.59. The van der Waals surface area contributed by atoms with Gasteiger partial charge in [-0.25, -0.2) is 4.39 Å². The van der Waals surface area contributed by atoms with E-state index in [1.807, 2.05) is 6.92 Å². The lowest BCUT2D eigenvalue weighted by Gasteiger charge is -2.15. The van der Waals surface area contributed by atoms with E-state index in [-0.39, 0.29) is 12.1 Å². The van der Waals surface area contributed by atoms with E-state index in [1.54, 1.807) is 0 Å². The van der Waals surface area contributed by atoms with Gasteiger partial charge in [0.15, 0.2) is 5.96 Å². The molecule has 0 aliphatic heterocycles. The van der Waals surface area contributed by atoms with Crippen molar-refractivity contribution in [2.45, 2.75) is 26.1 Å². The lowest BCUT2D eigenvalue weighted by atomic mass is 10.1. The molecule has 0 heterocycles. The van der Waals surface area contributed by atoms with E-state index in [1.165, 1.54) is 7.05 Å². The molecule has 0 spiro atoms. The maximum atomic E-state index is 13.0. The van der Waals surface area contributed by atoms with Crippen molar-refractivity contribution >= 4 is 5.96 Å². The van der Waals surface area contributed by atoms with Crippen molar-refractivity contribution in [2.75, 3.05) is 13.6 Å². The lowest BCUT2D eigenvalue weighted by Crippen LogP contribution is -2.37.